The van der Waals surface area contributed by atoms with E-state index in [1.54, 1.807) is 6.07 Å². The lowest BCUT2D eigenvalue weighted by Crippen LogP contribution is -2.41. The van der Waals surface area contributed by atoms with E-state index in [-0.39, 0.29) is 6.54 Å². The van der Waals surface area contributed by atoms with Gasteiger partial charge in [-0.3, -0.25) is 9.59 Å². The second kappa shape index (κ2) is 7.46. The highest BCUT2D eigenvalue weighted by Crippen LogP contribution is 2.27. The molecule has 126 valence electrons. The molecule has 0 bridgehead atoms. The summed E-state index contributed by atoms with van der Waals surface area (Å²) >= 11 is 1.51. The van der Waals surface area contributed by atoms with Crippen LogP contribution in [0.4, 0.5) is 0 Å². The van der Waals surface area contributed by atoms with Crippen molar-refractivity contribution in [3.05, 3.63) is 51.7 Å². The molecule has 1 atom stereocenters. The number of hydrogen-bond donors (Lipinski definition) is 3. The van der Waals surface area contributed by atoms with Gasteiger partial charge in [0.25, 0.3) is 0 Å². The van der Waals surface area contributed by atoms with Crippen molar-refractivity contribution in [2.75, 3.05) is 13.2 Å². The largest absolute Gasteiger partial charge is 0.493 e. The zero-order valence-corrected chi connectivity index (χ0v) is 13.8. The van der Waals surface area contributed by atoms with Crippen LogP contribution in [0.1, 0.15) is 22.1 Å². The van der Waals surface area contributed by atoms with E-state index in [2.05, 4.69) is 10.6 Å². The van der Waals surface area contributed by atoms with Gasteiger partial charge in [0.05, 0.1) is 19.3 Å². The topological polar surface area (TPSA) is 87.7 Å². The molecule has 0 spiro atoms. The smallest absolute Gasteiger partial charge is 0.309 e. The second-order valence-electron chi connectivity index (χ2n) is 5.45. The third kappa shape index (κ3) is 3.93. The first-order chi connectivity index (χ1) is 11.6. The number of hydrogen-bond acceptors (Lipinski definition) is 5. The average molecular weight is 346 g/mol. The number of aliphatic hydroxyl groups excluding tert-OH is 1. The summed E-state index contributed by atoms with van der Waals surface area (Å²) in [6.45, 7) is 0.943. The number of carbonyl (C=O) groups excluding carboxylic acids is 2. The van der Waals surface area contributed by atoms with Gasteiger partial charge in [-0.15, -0.1) is 11.3 Å². The molecule has 3 N–H and O–H groups in total. The van der Waals surface area contributed by atoms with Crippen LogP contribution in [0.2, 0.25) is 0 Å². The molecule has 2 heterocycles. The van der Waals surface area contributed by atoms with E-state index in [1.807, 2.05) is 29.6 Å². The quantitative estimate of drug-likeness (QED) is 0.709. The van der Waals surface area contributed by atoms with Gasteiger partial charge in [0, 0.05) is 17.8 Å². The molecule has 0 saturated carbocycles. The van der Waals surface area contributed by atoms with Gasteiger partial charge < -0.3 is 20.5 Å². The molecule has 2 amide bonds. The van der Waals surface area contributed by atoms with Crippen molar-refractivity contribution in [2.24, 2.45) is 0 Å². The van der Waals surface area contributed by atoms with Crippen LogP contribution in [0.5, 0.6) is 5.75 Å². The molecule has 1 aromatic heterocycles. The van der Waals surface area contributed by atoms with Crippen LogP contribution in [0, 0.1) is 0 Å². The van der Waals surface area contributed by atoms with Gasteiger partial charge in [0.2, 0.25) is 0 Å². The average Bonchev–Trinajstić information content (AvgIpc) is 3.27. The number of thiophene rings is 1. The van der Waals surface area contributed by atoms with Crippen LogP contribution in [-0.4, -0.2) is 30.1 Å². The molecule has 6 nitrogen and oxygen atoms in total. The molecule has 24 heavy (non-hydrogen) atoms. The summed E-state index contributed by atoms with van der Waals surface area (Å²) in [5.74, 6) is -0.629. The minimum absolute atomic E-state index is 0.0229. The van der Waals surface area contributed by atoms with E-state index >= 15 is 0 Å². The SMILES string of the molecule is O=C(NCc1cccs1)C(=O)NC[C@H](O)c1ccc2c(c1)CCO2. The molecular formula is C17H18N2O4S. The summed E-state index contributed by atoms with van der Waals surface area (Å²) in [4.78, 5) is 24.5. The number of aliphatic hydroxyl groups is 1. The van der Waals surface area contributed by atoms with Gasteiger partial charge in [0.15, 0.2) is 0 Å². The molecular weight excluding hydrogens is 328 g/mol. The van der Waals surface area contributed by atoms with E-state index in [1.165, 1.54) is 11.3 Å². The Morgan fingerprint density at radius 1 is 1.25 bits per heavy atom. The third-order valence-corrected chi connectivity index (χ3v) is 4.64. The lowest BCUT2D eigenvalue weighted by Gasteiger charge is -2.13. The normalized spacial score (nSPS) is 13.7. The number of rotatable bonds is 5. The van der Waals surface area contributed by atoms with E-state index < -0.39 is 17.9 Å². The Labute approximate surface area is 143 Å². The van der Waals surface area contributed by atoms with Crippen LogP contribution in [-0.2, 0) is 22.6 Å². The van der Waals surface area contributed by atoms with Crippen molar-refractivity contribution in [3.63, 3.8) is 0 Å². The highest BCUT2D eigenvalue weighted by molar-refractivity contribution is 7.09. The van der Waals surface area contributed by atoms with Crippen molar-refractivity contribution in [1.29, 1.82) is 0 Å². The Morgan fingerprint density at radius 3 is 2.88 bits per heavy atom. The summed E-state index contributed by atoms with van der Waals surface area (Å²) < 4.78 is 5.42. The number of fused-ring (bicyclic) bond motifs is 1. The maximum Gasteiger partial charge on any atom is 0.309 e. The Balaban J connectivity index is 1.47. The van der Waals surface area contributed by atoms with E-state index in [0.29, 0.717) is 18.7 Å². The molecule has 1 aliphatic rings. The standard InChI is InChI=1S/C17H18N2O4S/c20-14(11-3-4-15-12(8-11)5-6-23-15)10-19-17(22)16(21)18-9-13-2-1-7-24-13/h1-4,7-8,14,20H,5-6,9-10H2,(H,18,21)(H,19,22)/t14-/m0/s1. The van der Waals surface area contributed by atoms with Crippen molar-refractivity contribution in [3.8, 4) is 5.75 Å². The molecule has 0 aliphatic carbocycles. The van der Waals surface area contributed by atoms with Crippen LogP contribution in [0.15, 0.2) is 35.7 Å². The van der Waals surface area contributed by atoms with E-state index in [9.17, 15) is 14.7 Å². The first-order valence-corrected chi connectivity index (χ1v) is 8.53. The molecule has 0 unspecified atom stereocenters. The van der Waals surface area contributed by atoms with Crippen molar-refractivity contribution >= 4 is 23.2 Å². The lowest BCUT2D eigenvalue weighted by molar-refractivity contribution is -0.139. The molecule has 0 fully saturated rings. The van der Waals surface area contributed by atoms with Gasteiger partial charge >= 0.3 is 11.8 Å². The summed E-state index contributed by atoms with van der Waals surface area (Å²) in [6.07, 6.45) is -0.0575. The van der Waals surface area contributed by atoms with Gasteiger partial charge in [0.1, 0.15) is 5.75 Å². The molecule has 2 aromatic rings. The number of ether oxygens (including phenoxy) is 1. The fourth-order valence-corrected chi connectivity index (χ4v) is 3.11. The second-order valence-corrected chi connectivity index (χ2v) is 6.49. The number of carbonyl (C=O) groups is 2. The van der Waals surface area contributed by atoms with Crippen LogP contribution >= 0.6 is 11.3 Å². The predicted molar refractivity (Wildman–Crippen MR) is 89.8 cm³/mol. The summed E-state index contributed by atoms with van der Waals surface area (Å²) in [5, 5.41) is 17.1. The highest BCUT2D eigenvalue weighted by atomic mass is 32.1. The zero-order chi connectivity index (χ0) is 16.9. The first-order valence-electron chi connectivity index (χ1n) is 7.65. The lowest BCUT2D eigenvalue weighted by atomic mass is 10.0. The summed E-state index contributed by atoms with van der Waals surface area (Å²) in [6, 6.07) is 9.21. The third-order valence-electron chi connectivity index (χ3n) is 3.76. The number of amides is 2. The molecule has 3 rings (SSSR count). The fourth-order valence-electron chi connectivity index (χ4n) is 2.46. The Hall–Kier alpha value is -2.38. The van der Waals surface area contributed by atoms with Gasteiger partial charge in [-0.2, -0.15) is 0 Å². The molecule has 7 heteroatoms. The van der Waals surface area contributed by atoms with Crippen LogP contribution in [0.25, 0.3) is 0 Å². The molecule has 0 radical (unpaired) electrons. The van der Waals surface area contributed by atoms with Crippen molar-refractivity contribution < 1.29 is 19.4 Å². The van der Waals surface area contributed by atoms with Crippen LogP contribution in [0.3, 0.4) is 0 Å². The maximum atomic E-state index is 11.8. The zero-order valence-electron chi connectivity index (χ0n) is 13.0. The Morgan fingerprint density at radius 2 is 2.08 bits per heavy atom. The molecule has 0 saturated heterocycles. The Bertz CT molecular complexity index is 730. The van der Waals surface area contributed by atoms with Gasteiger partial charge in [-0.05, 0) is 34.7 Å². The monoisotopic (exact) mass is 346 g/mol. The summed E-state index contributed by atoms with van der Waals surface area (Å²) in [5.41, 5.74) is 1.74. The minimum atomic E-state index is -0.870. The predicted octanol–water partition coefficient (Wildman–Crippen LogP) is 1.15. The fraction of sp³-hybridized carbons (Fsp3) is 0.294. The van der Waals surface area contributed by atoms with Crippen molar-refractivity contribution in [2.45, 2.75) is 19.1 Å². The van der Waals surface area contributed by atoms with Gasteiger partial charge in [-0.25, -0.2) is 0 Å². The molecule has 1 aromatic carbocycles. The maximum absolute atomic E-state index is 11.8. The van der Waals surface area contributed by atoms with Gasteiger partial charge in [-0.1, -0.05) is 12.1 Å². The molecule has 1 aliphatic heterocycles. The highest BCUT2D eigenvalue weighted by Gasteiger charge is 2.18. The minimum Gasteiger partial charge on any atom is -0.493 e. The number of nitrogens with one attached hydrogen (secondary N) is 2. The van der Waals surface area contributed by atoms with Crippen molar-refractivity contribution in [1.82, 2.24) is 10.6 Å². The first kappa shape index (κ1) is 16.5. The number of benzene rings is 1. The Kier molecular flexibility index (Phi) is 5.12. The summed E-state index contributed by atoms with van der Waals surface area (Å²) in [7, 11) is 0. The van der Waals surface area contributed by atoms with E-state index in [0.717, 1.165) is 22.6 Å². The van der Waals surface area contributed by atoms with Crippen LogP contribution < -0.4 is 15.4 Å². The van der Waals surface area contributed by atoms with E-state index in [4.69, 9.17) is 4.74 Å².